The van der Waals surface area contributed by atoms with E-state index in [0.29, 0.717) is 28.1 Å². The molecule has 0 aliphatic rings. The minimum absolute atomic E-state index is 0.163. The van der Waals surface area contributed by atoms with E-state index in [9.17, 15) is 4.79 Å². The maximum Gasteiger partial charge on any atom is 0.216 e. The molecule has 0 spiro atoms. The monoisotopic (exact) mass is 383 g/mol. The molecule has 19 heavy (non-hydrogen) atoms. The van der Waals surface area contributed by atoms with Gasteiger partial charge in [-0.3, -0.25) is 9.78 Å². The van der Waals surface area contributed by atoms with Crippen LogP contribution in [0.4, 0.5) is 0 Å². The summed E-state index contributed by atoms with van der Waals surface area (Å²) in [4.78, 5) is 16.6. The zero-order valence-electron chi connectivity index (χ0n) is 10.2. The summed E-state index contributed by atoms with van der Waals surface area (Å²) in [6, 6.07) is 8.96. The number of halogens is 2. The van der Waals surface area contributed by atoms with E-state index in [-0.39, 0.29) is 5.78 Å². The van der Waals surface area contributed by atoms with Crippen LogP contribution >= 0.6 is 31.9 Å². The second-order valence-corrected chi connectivity index (χ2v) is 5.51. The van der Waals surface area contributed by atoms with E-state index < -0.39 is 0 Å². The molecule has 0 bridgehead atoms. The van der Waals surface area contributed by atoms with Crippen LogP contribution < -0.4 is 4.74 Å². The Balaban J connectivity index is 2.44. The molecule has 1 aromatic heterocycles. The standard InChI is InChI=1S/C14H11Br2NO2/c1-2-19-12-6-4-3-5-10(12)14(18)13-11(16)7-9(15)8-17-13/h3-8H,2H2,1H3. The van der Waals surface area contributed by atoms with Crippen molar-refractivity contribution in [2.45, 2.75) is 6.92 Å². The first kappa shape index (κ1) is 14.2. The normalized spacial score (nSPS) is 10.3. The molecule has 0 aliphatic heterocycles. The highest BCUT2D eigenvalue weighted by molar-refractivity contribution is 9.11. The molecule has 3 nitrogen and oxygen atoms in total. The second kappa shape index (κ2) is 6.30. The maximum atomic E-state index is 12.5. The van der Waals surface area contributed by atoms with E-state index in [4.69, 9.17) is 4.74 Å². The second-order valence-electron chi connectivity index (χ2n) is 3.74. The summed E-state index contributed by atoms with van der Waals surface area (Å²) in [6.45, 7) is 2.40. The number of ether oxygens (including phenoxy) is 1. The van der Waals surface area contributed by atoms with Crippen molar-refractivity contribution in [1.82, 2.24) is 4.98 Å². The first-order valence-electron chi connectivity index (χ1n) is 5.71. The SMILES string of the molecule is CCOc1ccccc1C(=O)c1ncc(Br)cc1Br. The topological polar surface area (TPSA) is 39.2 Å². The fraction of sp³-hybridized carbons (Fsp3) is 0.143. The first-order valence-corrected chi connectivity index (χ1v) is 7.29. The summed E-state index contributed by atoms with van der Waals surface area (Å²) >= 11 is 6.67. The number of hydrogen-bond acceptors (Lipinski definition) is 3. The Morgan fingerprint density at radius 1 is 1.32 bits per heavy atom. The zero-order valence-corrected chi connectivity index (χ0v) is 13.4. The van der Waals surface area contributed by atoms with Crippen LogP contribution in [0.25, 0.3) is 0 Å². The molecular weight excluding hydrogens is 374 g/mol. The van der Waals surface area contributed by atoms with Gasteiger partial charge in [-0.2, -0.15) is 0 Å². The molecule has 5 heteroatoms. The van der Waals surface area contributed by atoms with E-state index in [0.717, 1.165) is 4.47 Å². The molecule has 98 valence electrons. The van der Waals surface area contributed by atoms with E-state index in [2.05, 4.69) is 36.8 Å². The zero-order chi connectivity index (χ0) is 13.8. The van der Waals surface area contributed by atoms with Gasteiger partial charge in [-0.15, -0.1) is 0 Å². The van der Waals surface area contributed by atoms with Gasteiger partial charge in [-0.05, 0) is 57.0 Å². The van der Waals surface area contributed by atoms with Crippen molar-refractivity contribution in [3.8, 4) is 5.75 Å². The molecule has 0 aliphatic carbocycles. The average molecular weight is 385 g/mol. The summed E-state index contributed by atoms with van der Waals surface area (Å²) in [6.07, 6.45) is 1.60. The quantitative estimate of drug-likeness (QED) is 0.740. The molecule has 2 rings (SSSR count). The van der Waals surface area contributed by atoms with Crippen molar-refractivity contribution in [2.24, 2.45) is 0 Å². The van der Waals surface area contributed by atoms with Crippen LogP contribution in [0.2, 0.25) is 0 Å². The Bertz CT molecular complexity index is 614. The van der Waals surface area contributed by atoms with Crippen LogP contribution in [0.5, 0.6) is 5.75 Å². The van der Waals surface area contributed by atoms with Gasteiger partial charge in [-0.1, -0.05) is 12.1 Å². The molecule has 0 atom stereocenters. The van der Waals surface area contributed by atoms with Crippen molar-refractivity contribution < 1.29 is 9.53 Å². The lowest BCUT2D eigenvalue weighted by Gasteiger charge is -2.09. The van der Waals surface area contributed by atoms with Gasteiger partial charge in [0.25, 0.3) is 0 Å². The Morgan fingerprint density at radius 3 is 2.74 bits per heavy atom. The third kappa shape index (κ3) is 3.22. The number of carbonyl (C=O) groups is 1. The lowest BCUT2D eigenvalue weighted by atomic mass is 10.1. The van der Waals surface area contributed by atoms with Gasteiger partial charge in [0.2, 0.25) is 5.78 Å². The van der Waals surface area contributed by atoms with Gasteiger partial charge in [0, 0.05) is 15.1 Å². The summed E-state index contributed by atoms with van der Waals surface area (Å²) in [7, 11) is 0. The van der Waals surface area contributed by atoms with E-state index in [1.807, 2.05) is 19.1 Å². The Hall–Kier alpha value is -1.20. The molecular formula is C14H11Br2NO2. The van der Waals surface area contributed by atoms with E-state index in [1.54, 1.807) is 24.4 Å². The minimum Gasteiger partial charge on any atom is -0.493 e. The van der Waals surface area contributed by atoms with E-state index in [1.165, 1.54) is 0 Å². The number of para-hydroxylation sites is 1. The third-order valence-electron chi connectivity index (χ3n) is 2.45. The van der Waals surface area contributed by atoms with Gasteiger partial charge >= 0.3 is 0 Å². The van der Waals surface area contributed by atoms with Crippen LogP contribution in [-0.4, -0.2) is 17.4 Å². The largest absolute Gasteiger partial charge is 0.493 e. The molecule has 2 aromatic rings. The minimum atomic E-state index is -0.163. The van der Waals surface area contributed by atoms with Crippen molar-refractivity contribution in [3.05, 3.63) is 56.7 Å². The van der Waals surface area contributed by atoms with Gasteiger partial charge < -0.3 is 4.74 Å². The van der Waals surface area contributed by atoms with Crippen LogP contribution in [0.1, 0.15) is 23.0 Å². The molecule has 1 aromatic carbocycles. The molecule has 0 saturated carbocycles. The van der Waals surface area contributed by atoms with Crippen LogP contribution in [-0.2, 0) is 0 Å². The van der Waals surface area contributed by atoms with Gasteiger partial charge in [0.05, 0.1) is 12.2 Å². The summed E-state index contributed by atoms with van der Waals surface area (Å²) in [5, 5.41) is 0. The number of aromatic nitrogens is 1. The molecule has 1 heterocycles. The number of benzene rings is 1. The Labute approximate surface area is 128 Å². The van der Waals surface area contributed by atoms with Gasteiger partial charge in [0.15, 0.2) is 0 Å². The number of carbonyl (C=O) groups excluding carboxylic acids is 1. The predicted octanol–water partition coefficient (Wildman–Crippen LogP) is 4.24. The summed E-state index contributed by atoms with van der Waals surface area (Å²) in [5.74, 6) is 0.412. The number of ketones is 1. The number of hydrogen-bond donors (Lipinski definition) is 0. The van der Waals surface area contributed by atoms with Gasteiger partial charge in [0.1, 0.15) is 11.4 Å². The number of rotatable bonds is 4. The van der Waals surface area contributed by atoms with Crippen molar-refractivity contribution in [1.29, 1.82) is 0 Å². The molecule has 0 saturated heterocycles. The molecule has 0 radical (unpaired) electrons. The highest BCUT2D eigenvalue weighted by atomic mass is 79.9. The predicted molar refractivity (Wildman–Crippen MR) is 80.7 cm³/mol. The Morgan fingerprint density at radius 2 is 2.05 bits per heavy atom. The van der Waals surface area contributed by atoms with Gasteiger partial charge in [-0.25, -0.2) is 0 Å². The fourth-order valence-electron chi connectivity index (χ4n) is 1.64. The fourth-order valence-corrected chi connectivity index (χ4v) is 2.81. The summed E-state index contributed by atoms with van der Waals surface area (Å²) < 4.78 is 6.94. The maximum absolute atomic E-state index is 12.5. The summed E-state index contributed by atoms with van der Waals surface area (Å²) in [5.41, 5.74) is 0.884. The number of nitrogens with zero attached hydrogens (tertiary/aromatic N) is 1. The average Bonchev–Trinajstić information content (AvgIpc) is 2.39. The highest BCUT2D eigenvalue weighted by Crippen LogP contribution is 2.26. The third-order valence-corrected chi connectivity index (χ3v) is 3.49. The molecule has 0 amide bonds. The molecule has 0 fully saturated rings. The lowest BCUT2D eigenvalue weighted by Crippen LogP contribution is -2.08. The molecule has 0 N–H and O–H groups in total. The molecule has 0 unspecified atom stereocenters. The first-order chi connectivity index (χ1) is 9.13. The Kier molecular flexibility index (Phi) is 4.71. The van der Waals surface area contributed by atoms with Crippen LogP contribution in [0, 0.1) is 0 Å². The van der Waals surface area contributed by atoms with Crippen molar-refractivity contribution >= 4 is 37.6 Å². The number of pyridine rings is 1. The highest BCUT2D eigenvalue weighted by Gasteiger charge is 2.18. The van der Waals surface area contributed by atoms with Crippen LogP contribution in [0.3, 0.4) is 0 Å². The lowest BCUT2D eigenvalue weighted by molar-refractivity contribution is 0.103. The van der Waals surface area contributed by atoms with E-state index >= 15 is 0 Å². The van der Waals surface area contributed by atoms with Crippen molar-refractivity contribution in [2.75, 3.05) is 6.61 Å². The smallest absolute Gasteiger partial charge is 0.216 e. The van der Waals surface area contributed by atoms with Crippen LogP contribution in [0.15, 0.2) is 45.5 Å². The van der Waals surface area contributed by atoms with Crippen molar-refractivity contribution in [3.63, 3.8) is 0 Å².